The van der Waals surface area contributed by atoms with Gasteiger partial charge in [0.2, 0.25) is 0 Å². The van der Waals surface area contributed by atoms with Crippen LogP contribution in [0.2, 0.25) is 0 Å². The van der Waals surface area contributed by atoms with Crippen molar-refractivity contribution in [3.63, 3.8) is 0 Å². The van der Waals surface area contributed by atoms with E-state index in [9.17, 15) is 4.39 Å². The van der Waals surface area contributed by atoms with E-state index >= 15 is 0 Å². The number of hydrogen-bond donors (Lipinski definition) is 0. The van der Waals surface area contributed by atoms with E-state index in [1.54, 1.807) is 12.1 Å². The van der Waals surface area contributed by atoms with Crippen molar-refractivity contribution in [1.82, 2.24) is 0 Å². The van der Waals surface area contributed by atoms with Gasteiger partial charge in [-0.25, -0.2) is 4.39 Å². The van der Waals surface area contributed by atoms with Gasteiger partial charge in [0.15, 0.2) is 0 Å². The lowest BCUT2D eigenvalue weighted by atomic mass is 10.2. The average Bonchev–Trinajstić information content (AvgIpc) is 2.29. The van der Waals surface area contributed by atoms with Crippen LogP contribution in [0.5, 0.6) is 5.75 Å². The molecule has 16 heavy (non-hydrogen) atoms. The van der Waals surface area contributed by atoms with Crippen molar-refractivity contribution < 1.29 is 9.13 Å². The zero-order valence-corrected chi connectivity index (χ0v) is 9.50. The van der Waals surface area contributed by atoms with Gasteiger partial charge in [-0.2, -0.15) is 5.26 Å². The number of nitriles is 1. The summed E-state index contributed by atoms with van der Waals surface area (Å²) >= 11 is 0. The highest BCUT2D eigenvalue weighted by atomic mass is 19.1. The van der Waals surface area contributed by atoms with Crippen molar-refractivity contribution >= 4 is 0 Å². The van der Waals surface area contributed by atoms with Crippen molar-refractivity contribution in [3.8, 4) is 11.8 Å². The van der Waals surface area contributed by atoms with Crippen LogP contribution in [-0.4, -0.2) is 6.61 Å². The van der Waals surface area contributed by atoms with Crippen molar-refractivity contribution in [3.05, 3.63) is 29.6 Å². The Labute approximate surface area is 95.7 Å². The molecule has 86 valence electrons. The molecule has 0 aliphatic rings. The first-order valence-corrected chi connectivity index (χ1v) is 5.61. The summed E-state index contributed by atoms with van der Waals surface area (Å²) in [5, 5.41) is 8.77. The Morgan fingerprint density at radius 3 is 2.81 bits per heavy atom. The number of nitrogens with zero attached hydrogens (tertiary/aromatic N) is 1. The minimum absolute atomic E-state index is 0.00186. The number of unbranched alkanes of at least 4 members (excludes halogenated alkanes) is 3. The van der Waals surface area contributed by atoms with Gasteiger partial charge in [-0.3, -0.25) is 0 Å². The number of benzene rings is 1. The molecule has 0 fully saturated rings. The van der Waals surface area contributed by atoms with Gasteiger partial charge in [-0.05, 0) is 18.6 Å². The highest BCUT2D eigenvalue weighted by Gasteiger charge is 2.07. The molecule has 3 heteroatoms. The lowest BCUT2D eigenvalue weighted by Gasteiger charge is -2.07. The first-order chi connectivity index (χ1) is 7.79. The third-order valence-electron chi connectivity index (χ3n) is 2.34. The van der Waals surface area contributed by atoms with Crippen molar-refractivity contribution in [1.29, 1.82) is 5.26 Å². The van der Waals surface area contributed by atoms with Crippen molar-refractivity contribution in [2.75, 3.05) is 6.61 Å². The lowest BCUT2D eigenvalue weighted by molar-refractivity contribution is 0.302. The maximum absolute atomic E-state index is 13.2. The average molecular weight is 221 g/mol. The zero-order valence-electron chi connectivity index (χ0n) is 9.50. The summed E-state index contributed by atoms with van der Waals surface area (Å²) in [4.78, 5) is 0. The molecule has 2 nitrogen and oxygen atoms in total. The molecule has 1 aromatic carbocycles. The Morgan fingerprint density at radius 2 is 2.12 bits per heavy atom. The third-order valence-corrected chi connectivity index (χ3v) is 2.34. The molecule has 0 aliphatic carbocycles. The Bertz CT molecular complexity index is 371. The largest absolute Gasteiger partial charge is 0.492 e. The van der Waals surface area contributed by atoms with E-state index in [0.29, 0.717) is 12.4 Å². The van der Waals surface area contributed by atoms with Crippen LogP contribution in [0.3, 0.4) is 0 Å². The molecule has 0 amide bonds. The monoisotopic (exact) mass is 221 g/mol. The first kappa shape index (κ1) is 12.5. The van der Waals surface area contributed by atoms with Gasteiger partial charge in [0.25, 0.3) is 0 Å². The van der Waals surface area contributed by atoms with E-state index in [2.05, 4.69) is 6.92 Å². The van der Waals surface area contributed by atoms with Gasteiger partial charge < -0.3 is 4.74 Å². The molecule has 0 aromatic heterocycles. The summed E-state index contributed by atoms with van der Waals surface area (Å²) in [6, 6.07) is 6.26. The minimum atomic E-state index is -0.520. The van der Waals surface area contributed by atoms with E-state index in [1.165, 1.54) is 18.9 Å². The van der Waals surface area contributed by atoms with Gasteiger partial charge in [0.1, 0.15) is 23.2 Å². The maximum atomic E-state index is 13.2. The third kappa shape index (κ3) is 3.54. The first-order valence-electron chi connectivity index (χ1n) is 5.61. The normalized spacial score (nSPS) is 9.81. The molecule has 0 aliphatic heterocycles. The van der Waals surface area contributed by atoms with E-state index in [1.807, 2.05) is 6.07 Å². The zero-order chi connectivity index (χ0) is 11.8. The van der Waals surface area contributed by atoms with Crippen LogP contribution in [0.1, 0.15) is 38.2 Å². The van der Waals surface area contributed by atoms with Crippen LogP contribution < -0.4 is 4.74 Å². The van der Waals surface area contributed by atoms with Crippen LogP contribution in [0.4, 0.5) is 4.39 Å². The van der Waals surface area contributed by atoms with Gasteiger partial charge in [0, 0.05) is 0 Å². The standard InChI is InChI=1S/C13H16FNO/c1-2-3-4-5-9-16-13-8-6-7-12(14)11(13)10-15/h6-8H,2-5,9H2,1H3. The van der Waals surface area contributed by atoms with Crippen molar-refractivity contribution in [2.45, 2.75) is 32.6 Å². The molecule has 0 saturated carbocycles. The Hall–Kier alpha value is -1.56. The fourth-order valence-corrected chi connectivity index (χ4v) is 1.44. The minimum Gasteiger partial charge on any atom is -0.492 e. The number of hydrogen-bond acceptors (Lipinski definition) is 2. The predicted molar refractivity (Wildman–Crippen MR) is 60.8 cm³/mol. The van der Waals surface area contributed by atoms with Gasteiger partial charge in [0.05, 0.1) is 6.61 Å². The van der Waals surface area contributed by atoms with E-state index in [-0.39, 0.29) is 5.56 Å². The number of ether oxygens (including phenoxy) is 1. The molecule has 1 rings (SSSR count). The maximum Gasteiger partial charge on any atom is 0.144 e. The second-order valence-electron chi connectivity index (χ2n) is 3.63. The second kappa shape index (κ2) is 6.84. The van der Waals surface area contributed by atoms with Gasteiger partial charge in [-0.15, -0.1) is 0 Å². The molecule has 1 aromatic rings. The van der Waals surface area contributed by atoms with Crippen LogP contribution in [0, 0.1) is 17.1 Å². The SMILES string of the molecule is CCCCCCOc1cccc(F)c1C#N. The summed E-state index contributed by atoms with van der Waals surface area (Å²) in [7, 11) is 0. The van der Waals surface area contributed by atoms with Crippen LogP contribution in [0.15, 0.2) is 18.2 Å². The molecular formula is C13H16FNO. The van der Waals surface area contributed by atoms with Crippen LogP contribution in [0.25, 0.3) is 0 Å². The molecular weight excluding hydrogens is 205 g/mol. The molecule has 0 spiro atoms. The highest BCUT2D eigenvalue weighted by Crippen LogP contribution is 2.20. The summed E-state index contributed by atoms with van der Waals surface area (Å²) in [5.74, 6) is -0.174. The second-order valence-corrected chi connectivity index (χ2v) is 3.63. The lowest BCUT2D eigenvalue weighted by Crippen LogP contribution is -2.00. The van der Waals surface area contributed by atoms with E-state index in [4.69, 9.17) is 10.00 Å². The highest BCUT2D eigenvalue weighted by molar-refractivity contribution is 5.43. The van der Waals surface area contributed by atoms with Gasteiger partial charge in [-0.1, -0.05) is 32.3 Å². The Morgan fingerprint density at radius 1 is 1.31 bits per heavy atom. The van der Waals surface area contributed by atoms with Crippen LogP contribution in [-0.2, 0) is 0 Å². The van der Waals surface area contributed by atoms with Gasteiger partial charge >= 0.3 is 0 Å². The topological polar surface area (TPSA) is 33.0 Å². The summed E-state index contributed by atoms with van der Waals surface area (Å²) in [6.07, 6.45) is 4.39. The molecule has 0 unspecified atom stereocenters. The smallest absolute Gasteiger partial charge is 0.144 e. The van der Waals surface area contributed by atoms with E-state index < -0.39 is 5.82 Å². The van der Waals surface area contributed by atoms with Crippen molar-refractivity contribution in [2.24, 2.45) is 0 Å². The molecule has 0 N–H and O–H groups in total. The number of rotatable bonds is 6. The molecule has 0 bridgehead atoms. The fraction of sp³-hybridized carbons (Fsp3) is 0.462. The predicted octanol–water partition coefficient (Wildman–Crippen LogP) is 3.66. The Kier molecular flexibility index (Phi) is 5.35. The fourth-order valence-electron chi connectivity index (χ4n) is 1.44. The Balaban J connectivity index is 2.48. The summed E-state index contributed by atoms with van der Waals surface area (Å²) in [6.45, 7) is 2.68. The molecule has 0 heterocycles. The van der Waals surface area contributed by atoms with Crippen LogP contribution >= 0.6 is 0 Å². The molecule has 0 saturated heterocycles. The molecule has 0 radical (unpaired) electrons. The van der Waals surface area contributed by atoms with E-state index in [0.717, 1.165) is 12.8 Å². The summed E-state index contributed by atoms with van der Waals surface area (Å²) in [5.41, 5.74) is -0.00186. The number of halogens is 1. The summed E-state index contributed by atoms with van der Waals surface area (Å²) < 4.78 is 18.6. The quantitative estimate of drug-likeness (QED) is 0.687. The molecule has 0 atom stereocenters.